The fourth-order valence-corrected chi connectivity index (χ4v) is 0.268. The van der Waals surface area contributed by atoms with E-state index in [0.717, 1.165) is 0 Å². The van der Waals surface area contributed by atoms with Crippen LogP contribution in [0.4, 0.5) is 0 Å². The first kappa shape index (κ1) is 8.01. The molecule has 9 heavy (non-hydrogen) atoms. The zero-order chi connectivity index (χ0) is 7.11. The van der Waals surface area contributed by atoms with E-state index in [-0.39, 0.29) is 0 Å². The molecular weight excluding hydrogens is 120 g/mol. The summed E-state index contributed by atoms with van der Waals surface area (Å²) in [5.41, 5.74) is 0. The number of hydrogen-bond acceptors (Lipinski definition) is 3. The predicted octanol–water partition coefficient (Wildman–Crippen LogP) is 0.710. The van der Waals surface area contributed by atoms with Gasteiger partial charge in [0.15, 0.2) is 0 Å². The Bertz CT molecular complexity index is 107. The lowest BCUT2D eigenvalue weighted by molar-refractivity contribution is -0.134. The van der Waals surface area contributed by atoms with E-state index in [1.165, 1.54) is 19.4 Å². The van der Waals surface area contributed by atoms with Crippen LogP contribution in [0.2, 0.25) is 0 Å². The Labute approximate surface area is 54.3 Å². The molecule has 0 aromatic rings. The van der Waals surface area contributed by atoms with E-state index in [2.05, 4.69) is 4.74 Å². The number of ether oxygens (including phenoxy) is 2. The van der Waals surface area contributed by atoms with Gasteiger partial charge in [0.05, 0.1) is 26.1 Å². The molecule has 0 atom stereocenters. The van der Waals surface area contributed by atoms with Gasteiger partial charge in [-0.1, -0.05) is 0 Å². The van der Waals surface area contributed by atoms with E-state index in [0.29, 0.717) is 6.61 Å². The smallest absolute Gasteiger partial charge is 0.333 e. The maximum Gasteiger partial charge on any atom is 0.333 e. The summed E-state index contributed by atoms with van der Waals surface area (Å²) < 4.78 is 9.02. The summed E-state index contributed by atoms with van der Waals surface area (Å²) in [6, 6.07) is 0. The molecule has 0 aliphatic heterocycles. The average molecular weight is 130 g/mol. The molecule has 0 aromatic carbocycles. The van der Waals surface area contributed by atoms with Crippen molar-refractivity contribution in [1.29, 1.82) is 0 Å². The number of esters is 1. The van der Waals surface area contributed by atoms with Crippen molar-refractivity contribution in [2.45, 2.75) is 6.92 Å². The van der Waals surface area contributed by atoms with Crippen LogP contribution in [0.5, 0.6) is 0 Å². The van der Waals surface area contributed by atoms with Crippen molar-refractivity contribution in [3.05, 3.63) is 12.3 Å². The van der Waals surface area contributed by atoms with Gasteiger partial charge in [0.1, 0.15) is 0 Å². The molecule has 0 fully saturated rings. The summed E-state index contributed by atoms with van der Waals surface area (Å²) >= 11 is 0. The van der Waals surface area contributed by atoms with Crippen LogP contribution in [-0.2, 0) is 14.3 Å². The van der Waals surface area contributed by atoms with E-state index < -0.39 is 5.97 Å². The van der Waals surface area contributed by atoms with Gasteiger partial charge in [-0.2, -0.15) is 0 Å². The number of methoxy groups -OCH3 is 1. The lowest BCUT2D eigenvalue weighted by Gasteiger charge is -1.91. The molecule has 3 heteroatoms. The van der Waals surface area contributed by atoms with Crippen LogP contribution in [0, 0.1) is 0 Å². The molecule has 0 heterocycles. The first-order valence-electron chi connectivity index (χ1n) is 2.67. The summed E-state index contributed by atoms with van der Waals surface area (Å²) in [4.78, 5) is 10.3. The number of carbonyl (C=O) groups is 1. The lowest BCUT2D eigenvalue weighted by Crippen LogP contribution is -1.94. The molecule has 0 aromatic heterocycles. The third kappa shape index (κ3) is 4.87. The van der Waals surface area contributed by atoms with E-state index in [9.17, 15) is 4.79 Å². The highest BCUT2D eigenvalue weighted by Crippen LogP contribution is 1.79. The summed E-state index contributed by atoms with van der Waals surface area (Å²) in [6.45, 7) is 2.40. The molecule has 0 aliphatic carbocycles. The van der Waals surface area contributed by atoms with Crippen molar-refractivity contribution in [2.75, 3.05) is 13.7 Å². The lowest BCUT2D eigenvalue weighted by atomic mass is 10.6. The van der Waals surface area contributed by atoms with Crippen LogP contribution in [0.25, 0.3) is 0 Å². The summed E-state index contributed by atoms with van der Waals surface area (Å²) in [7, 11) is 1.32. The highest BCUT2D eigenvalue weighted by molar-refractivity contribution is 5.81. The quantitative estimate of drug-likeness (QED) is 0.320. The molecule has 0 saturated carbocycles. The van der Waals surface area contributed by atoms with Gasteiger partial charge < -0.3 is 9.47 Å². The van der Waals surface area contributed by atoms with E-state index in [1.54, 1.807) is 0 Å². The SMILES string of the molecule is CCO/C=C/C(=O)OC. The third-order valence-corrected chi connectivity index (χ3v) is 0.668. The molecule has 0 N–H and O–H groups in total. The van der Waals surface area contributed by atoms with Gasteiger partial charge in [-0.15, -0.1) is 0 Å². The minimum absolute atomic E-state index is 0.400. The zero-order valence-corrected chi connectivity index (χ0v) is 5.59. The summed E-state index contributed by atoms with van der Waals surface area (Å²) in [6.07, 6.45) is 2.54. The number of rotatable bonds is 3. The van der Waals surface area contributed by atoms with E-state index in [1.807, 2.05) is 6.92 Å². The van der Waals surface area contributed by atoms with Crippen LogP contribution < -0.4 is 0 Å². The van der Waals surface area contributed by atoms with Crippen LogP contribution in [0.15, 0.2) is 12.3 Å². The normalized spacial score (nSPS) is 9.56. The number of hydrogen-bond donors (Lipinski definition) is 0. The second-order valence-electron chi connectivity index (χ2n) is 1.28. The maximum absolute atomic E-state index is 10.3. The van der Waals surface area contributed by atoms with Crippen molar-refractivity contribution >= 4 is 5.97 Å². The molecule has 0 spiro atoms. The predicted molar refractivity (Wildman–Crippen MR) is 32.8 cm³/mol. The first-order valence-corrected chi connectivity index (χ1v) is 2.67. The largest absolute Gasteiger partial charge is 0.501 e. The van der Waals surface area contributed by atoms with Crippen LogP contribution in [0.3, 0.4) is 0 Å². The summed E-state index contributed by atoms with van der Waals surface area (Å²) in [5.74, 6) is -0.400. The fourth-order valence-electron chi connectivity index (χ4n) is 0.268. The van der Waals surface area contributed by atoms with Crippen molar-refractivity contribution in [3.8, 4) is 0 Å². The van der Waals surface area contributed by atoms with Gasteiger partial charge >= 0.3 is 5.97 Å². The first-order chi connectivity index (χ1) is 4.31. The Hall–Kier alpha value is -0.990. The minimum atomic E-state index is -0.400. The summed E-state index contributed by atoms with van der Waals surface area (Å²) in [5, 5.41) is 0. The van der Waals surface area contributed by atoms with Crippen molar-refractivity contribution in [1.82, 2.24) is 0 Å². The van der Waals surface area contributed by atoms with Gasteiger partial charge in [0, 0.05) is 0 Å². The van der Waals surface area contributed by atoms with Crippen molar-refractivity contribution in [2.24, 2.45) is 0 Å². The molecule has 52 valence electrons. The van der Waals surface area contributed by atoms with Gasteiger partial charge in [-0.25, -0.2) is 4.79 Å². The van der Waals surface area contributed by atoms with E-state index >= 15 is 0 Å². The Morgan fingerprint density at radius 2 is 2.33 bits per heavy atom. The standard InChI is InChI=1S/C6H10O3/c1-3-9-5-4-6(7)8-2/h4-5H,3H2,1-2H3/b5-4+. The topological polar surface area (TPSA) is 35.5 Å². The highest BCUT2D eigenvalue weighted by Gasteiger charge is 1.87. The van der Waals surface area contributed by atoms with Crippen molar-refractivity contribution < 1.29 is 14.3 Å². The van der Waals surface area contributed by atoms with E-state index in [4.69, 9.17) is 4.74 Å². The maximum atomic E-state index is 10.3. The monoisotopic (exact) mass is 130 g/mol. The highest BCUT2D eigenvalue weighted by atomic mass is 16.5. The molecule has 0 amide bonds. The molecule has 0 radical (unpaired) electrons. The van der Waals surface area contributed by atoms with Crippen molar-refractivity contribution in [3.63, 3.8) is 0 Å². The molecule has 0 bridgehead atoms. The minimum Gasteiger partial charge on any atom is -0.501 e. The molecule has 0 saturated heterocycles. The van der Waals surface area contributed by atoms with Gasteiger partial charge in [-0.3, -0.25) is 0 Å². The Morgan fingerprint density at radius 1 is 1.67 bits per heavy atom. The van der Waals surface area contributed by atoms with Crippen LogP contribution in [0.1, 0.15) is 6.92 Å². The van der Waals surface area contributed by atoms with Crippen LogP contribution >= 0.6 is 0 Å². The second-order valence-corrected chi connectivity index (χ2v) is 1.28. The Kier molecular flexibility index (Phi) is 4.59. The zero-order valence-electron chi connectivity index (χ0n) is 5.59. The van der Waals surface area contributed by atoms with Gasteiger partial charge in [0.2, 0.25) is 0 Å². The van der Waals surface area contributed by atoms with Gasteiger partial charge in [0.25, 0.3) is 0 Å². The average Bonchev–Trinajstić information content (AvgIpc) is 1.89. The third-order valence-electron chi connectivity index (χ3n) is 0.668. The second kappa shape index (κ2) is 5.15. The molecule has 3 nitrogen and oxygen atoms in total. The number of carbonyl (C=O) groups excluding carboxylic acids is 1. The fraction of sp³-hybridized carbons (Fsp3) is 0.500. The molecule has 0 rings (SSSR count). The van der Waals surface area contributed by atoms with Crippen LogP contribution in [-0.4, -0.2) is 19.7 Å². The van der Waals surface area contributed by atoms with Gasteiger partial charge in [-0.05, 0) is 6.92 Å². The molecular formula is C6H10O3. The Morgan fingerprint density at radius 3 is 2.78 bits per heavy atom. The molecule has 0 aliphatic rings. The Balaban J connectivity index is 3.32. The molecule has 0 unspecified atom stereocenters.